The number of amides is 1. The Labute approximate surface area is 183 Å². The molecule has 0 saturated heterocycles. The number of aryl methyl sites for hydroxylation is 1. The minimum Gasteiger partial charge on any atom is -0.456 e. The van der Waals surface area contributed by atoms with Crippen molar-refractivity contribution >= 4 is 29.1 Å². The number of esters is 1. The molecule has 0 unspecified atom stereocenters. The molecule has 0 aliphatic rings. The molecule has 6 heteroatoms. The van der Waals surface area contributed by atoms with Gasteiger partial charge in [0.2, 0.25) is 0 Å². The zero-order chi connectivity index (χ0) is 22.6. The van der Waals surface area contributed by atoms with Crippen molar-refractivity contribution in [3.8, 4) is 0 Å². The van der Waals surface area contributed by atoms with Gasteiger partial charge < -0.3 is 10.1 Å². The summed E-state index contributed by atoms with van der Waals surface area (Å²) in [6.07, 6.45) is 4.43. The van der Waals surface area contributed by atoms with Crippen molar-refractivity contribution in [3.05, 3.63) is 65.2 Å². The third-order valence-corrected chi connectivity index (χ3v) is 4.84. The number of Topliss-reactive ketones (excluding diaryl/α,β-unsaturated/α-hetero) is 2. The van der Waals surface area contributed by atoms with Crippen molar-refractivity contribution in [2.75, 3.05) is 11.9 Å². The van der Waals surface area contributed by atoms with Gasteiger partial charge >= 0.3 is 5.97 Å². The van der Waals surface area contributed by atoms with Crippen LogP contribution in [-0.4, -0.2) is 30.0 Å². The number of hydrogen-bond donors (Lipinski definition) is 1. The lowest BCUT2D eigenvalue weighted by Gasteiger charge is -2.07. The van der Waals surface area contributed by atoms with Crippen molar-refractivity contribution < 1.29 is 23.9 Å². The molecule has 1 N–H and O–H groups in total. The Morgan fingerprint density at radius 1 is 0.839 bits per heavy atom. The first-order valence-corrected chi connectivity index (χ1v) is 10.6. The SMILES string of the molecule is CCCCCc1ccc(C(=O)CCC(=O)OCC(=O)Nc2ccc(C(C)=O)cc2)cc1. The second-order valence-electron chi connectivity index (χ2n) is 7.42. The van der Waals surface area contributed by atoms with Crippen LogP contribution in [0.15, 0.2) is 48.5 Å². The molecule has 0 atom stereocenters. The first-order valence-electron chi connectivity index (χ1n) is 10.6. The van der Waals surface area contributed by atoms with E-state index in [0.717, 1.165) is 12.8 Å². The Bertz CT molecular complexity index is 901. The molecular weight excluding hydrogens is 394 g/mol. The number of hydrogen-bond acceptors (Lipinski definition) is 5. The van der Waals surface area contributed by atoms with Gasteiger partial charge in [-0.3, -0.25) is 19.2 Å². The van der Waals surface area contributed by atoms with Crippen LogP contribution in [0.3, 0.4) is 0 Å². The molecule has 2 aromatic rings. The third-order valence-electron chi connectivity index (χ3n) is 4.84. The van der Waals surface area contributed by atoms with Crippen LogP contribution in [-0.2, 0) is 20.7 Å². The second kappa shape index (κ2) is 12.4. The molecule has 2 aromatic carbocycles. The normalized spacial score (nSPS) is 10.4. The van der Waals surface area contributed by atoms with Gasteiger partial charge in [0.1, 0.15) is 0 Å². The highest BCUT2D eigenvalue weighted by Gasteiger charge is 2.12. The van der Waals surface area contributed by atoms with Crippen LogP contribution < -0.4 is 5.32 Å². The Balaban J connectivity index is 1.70. The van der Waals surface area contributed by atoms with Crippen LogP contribution in [0, 0.1) is 0 Å². The van der Waals surface area contributed by atoms with Gasteiger partial charge in [0.05, 0.1) is 6.42 Å². The van der Waals surface area contributed by atoms with E-state index in [1.54, 1.807) is 36.4 Å². The van der Waals surface area contributed by atoms with E-state index < -0.39 is 18.5 Å². The van der Waals surface area contributed by atoms with E-state index in [4.69, 9.17) is 4.74 Å². The Kier molecular flexibility index (Phi) is 9.62. The van der Waals surface area contributed by atoms with E-state index >= 15 is 0 Å². The second-order valence-corrected chi connectivity index (χ2v) is 7.42. The molecule has 6 nitrogen and oxygen atoms in total. The third kappa shape index (κ3) is 8.54. The van der Waals surface area contributed by atoms with E-state index in [1.165, 1.54) is 25.3 Å². The molecule has 0 radical (unpaired) electrons. The van der Waals surface area contributed by atoms with E-state index in [1.807, 2.05) is 12.1 Å². The lowest BCUT2D eigenvalue weighted by atomic mass is 10.0. The molecule has 0 bridgehead atoms. The quantitative estimate of drug-likeness (QED) is 0.302. The standard InChI is InChI=1S/C25H29NO5/c1-3-4-5-6-19-7-9-21(10-8-19)23(28)15-16-25(30)31-17-24(29)26-22-13-11-20(12-14-22)18(2)27/h7-14H,3-6,15-17H2,1-2H3,(H,26,29). The first kappa shape index (κ1) is 24.0. The largest absolute Gasteiger partial charge is 0.456 e. The molecule has 0 saturated carbocycles. The van der Waals surface area contributed by atoms with E-state index in [9.17, 15) is 19.2 Å². The molecule has 0 spiro atoms. The number of anilines is 1. The van der Waals surface area contributed by atoms with E-state index in [0.29, 0.717) is 16.8 Å². The Morgan fingerprint density at radius 2 is 1.48 bits per heavy atom. The fourth-order valence-corrected chi connectivity index (χ4v) is 3.00. The number of benzene rings is 2. The van der Waals surface area contributed by atoms with Gasteiger partial charge in [-0.05, 0) is 49.6 Å². The fraction of sp³-hybridized carbons (Fsp3) is 0.360. The molecule has 1 amide bonds. The number of unbranched alkanes of at least 4 members (excludes halogenated alkanes) is 2. The number of ether oxygens (including phenoxy) is 1. The van der Waals surface area contributed by atoms with Crippen molar-refractivity contribution in [1.82, 2.24) is 0 Å². The number of rotatable bonds is 12. The summed E-state index contributed by atoms with van der Waals surface area (Å²) in [6, 6.07) is 13.9. The van der Waals surface area contributed by atoms with Gasteiger partial charge in [0, 0.05) is 23.2 Å². The summed E-state index contributed by atoms with van der Waals surface area (Å²) in [4.78, 5) is 47.3. The van der Waals surface area contributed by atoms with Crippen molar-refractivity contribution in [2.45, 2.75) is 52.4 Å². The highest BCUT2D eigenvalue weighted by atomic mass is 16.5. The van der Waals surface area contributed by atoms with Gasteiger partial charge in [0.25, 0.3) is 5.91 Å². The fourth-order valence-electron chi connectivity index (χ4n) is 3.00. The number of carbonyl (C=O) groups excluding carboxylic acids is 4. The molecule has 0 aliphatic heterocycles. The lowest BCUT2D eigenvalue weighted by Crippen LogP contribution is -2.21. The molecule has 2 rings (SSSR count). The molecule has 0 fully saturated rings. The van der Waals surface area contributed by atoms with Crippen LogP contribution >= 0.6 is 0 Å². The lowest BCUT2D eigenvalue weighted by molar-refractivity contribution is -0.147. The monoisotopic (exact) mass is 423 g/mol. The molecular formula is C25H29NO5. The minimum atomic E-state index is -0.605. The number of ketones is 2. The van der Waals surface area contributed by atoms with Crippen molar-refractivity contribution in [3.63, 3.8) is 0 Å². The van der Waals surface area contributed by atoms with E-state index in [-0.39, 0.29) is 24.4 Å². The van der Waals surface area contributed by atoms with Crippen LogP contribution in [0.5, 0.6) is 0 Å². The molecule has 31 heavy (non-hydrogen) atoms. The van der Waals surface area contributed by atoms with Crippen molar-refractivity contribution in [2.24, 2.45) is 0 Å². The van der Waals surface area contributed by atoms with Crippen LogP contribution in [0.4, 0.5) is 5.69 Å². The van der Waals surface area contributed by atoms with Gasteiger partial charge in [-0.2, -0.15) is 0 Å². The van der Waals surface area contributed by atoms with Crippen LogP contribution in [0.2, 0.25) is 0 Å². The highest BCUT2D eigenvalue weighted by Crippen LogP contribution is 2.12. The maximum Gasteiger partial charge on any atom is 0.306 e. The average Bonchev–Trinajstić information content (AvgIpc) is 2.77. The molecule has 0 heterocycles. The van der Waals surface area contributed by atoms with Gasteiger partial charge in [-0.1, -0.05) is 44.0 Å². The Morgan fingerprint density at radius 3 is 2.10 bits per heavy atom. The summed E-state index contributed by atoms with van der Waals surface area (Å²) in [5, 5.41) is 2.58. The topological polar surface area (TPSA) is 89.5 Å². The average molecular weight is 424 g/mol. The van der Waals surface area contributed by atoms with Gasteiger partial charge in [-0.25, -0.2) is 0 Å². The summed E-state index contributed by atoms with van der Waals surface area (Å²) in [5.74, 6) is -1.29. The predicted molar refractivity (Wildman–Crippen MR) is 119 cm³/mol. The van der Waals surface area contributed by atoms with Gasteiger partial charge in [-0.15, -0.1) is 0 Å². The minimum absolute atomic E-state index is 0.0299. The summed E-state index contributed by atoms with van der Waals surface area (Å²) < 4.78 is 4.94. The first-order chi connectivity index (χ1) is 14.9. The summed E-state index contributed by atoms with van der Waals surface area (Å²) in [5.41, 5.74) is 2.81. The van der Waals surface area contributed by atoms with Gasteiger partial charge in [0.15, 0.2) is 18.2 Å². The Hall–Kier alpha value is -3.28. The van der Waals surface area contributed by atoms with Crippen LogP contribution in [0.25, 0.3) is 0 Å². The summed E-state index contributed by atoms with van der Waals surface area (Å²) in [6.45, 7) is 3.18. The zero-order valence-corrected chi connectivity index (χ0v) is 18.1. The number of carbonyl (C=O) groups is 4. The molecule has 0 aromatic heterocycles. The smallest absolute Gasteiger partial charge is 0.306 e. The molecule has 164 valence electrons. The predicted octanol–water partition coefficient (Wildman–Crippen LogP) is 4.77. The zero-order valence-electron chi connectivity index (χ0n) is 18.1. The number of nitrogens with one attached hydrogen (secondary N) is 1. The van der Waals surface area contributed by atoms with E-state index in [2.05, 4.69) is 12.2 Å². The maximum atomic E-state index is 12.3. The summed E-state index contributed by atoms with van der Waals surface area (Å²) in [7, 11) is 0. The van der Waals surface area contributed by atoms with Crippen LogP contribution in [0.1, 0.15) is 72.2 Å². The molecule has 0 aliphatic carbocycles. The summed E-state index contributed by atoms with van der Waals surface area (Å²) >= 11 is 0. The maximum absolute atomic E-state index is 12.3. The highest BCUT2D eigenvalue weighted by molar-refractivity contribution is 5.98. The van der Waals surface area contributed by atoms with Crippen molar-refractivity contribution in [1.29, 1.82) is 0 Å².